The Balaban J connectivity index is 1.34. The third kappa shape index (κ3) is 5.99. The minimum atomic E-state index is -3.64. The highest BCUT2D eigenvalue weighted by Crippen LogP contribution is 2.45. The number of likely N-dealkylation sites (tertiary alicyclic amines) is 1. The predicted molar refractivity (Wildman–Crippen MR) is 154 cm³/mol. The minimum absolute atomic E-state index is 0.0183. The van der Waals surface area contributed by atoms with Gasteiger partial charge in [-0.1, -0.05) is 29.4 Å². The van der Waals surface area contributed by atoms with Crippen LogP contribution < -0.4 is 26.1 Å². The van der Waals surface area contributed by atoms with Gasteiger partial charge in [0.05, 0.1) is 13.3 Å². The first-order valence-corrected chi connectivity index (χ1v) is 15.6. The molecule has 0 unspecified atom stereocenters. The van der Waals surface area contributed by atoms with Crippen LogP contribution in [-0.2, 0) is 13.6 Å². The Bertz CT molecular complexity index is 1380. The third-order valence-electron chi connectivity index (χ3n) is 7.05. The van der Waals surface area contributed by atoms with Crippen LogP contribution in [0.25, 0.3) is 10.7 Å². The number of aromatic nitrogens is 6. The van der Waals surface area contributed by atoms with Gasteiger partial charge in [-0.2, -0.15) is 4.98 Å². The van der Waals surface area contributed by atoms with Crippen LogP contribution in [0, 0.1) is 0 Å². The van der Waals surface area contributed by atoms with Crippen molar-refractivity contribution in [2.75, 3.05) is 63.5 Å². The van der Waals surface area contributed by atoms with Gasteiger partial charge in [-0.05, 0) is 38.8 Å². The Morgan fingerprint density at radius 2 is 1.75 bits per heavy atom. The van der Waals surface area contributed by atoms with Gasteiger partial charge >= 0.3 is 7.60 Å². The Hall–Kier alpha value is -2.68. The van der Waals surface area contributed by atoms with E-state index in [1.807, 2.05) is 0 Å². The summed E-state index contributed by atoms with van der Waals surface area (Å²) >= 11 is 8.12. The van der Waals surface area contributed by atoms with Crippen molar-refractivity contribution in [2.24, 2.45) is 0 Å². The van der Waals surface area contributed by atoms with Gasteiger partial charge in [-0.25, -0.2) is 15.0 Å². The lowest BCUT2D eigenvalue weighted by Gasteiger charge is -2.40. The summed E-state index contributed by atoms with van der Waals surface area (Å²) in [5.74, 6) is 0.330. The maximum atomic E-state index is 12.7. The number of nitrogens with one attached hydrogen (secondary N) is 1. The largest absolute Gasteiger partial charge is 0.478 e. The predicted octanol–water partition coefficient (Wildman–Crippen LogP) is 3.34. The second-order valence-electron chi connectivity index (χ2n) is 9.37. The van der Waals surface area contributed by atoms with Crippen molar-refractivity contribution in [3.63, 3.8) is 0 Å². The van der Waals surface area contributed by atoms with Crippen LogP contribution in [0.5, 0.6) is 5.88 Å². The average Bonchev–Trinajstić information content (AvgIpc) is 3.49. The maximum Gasteiger partial charge on any atom is 0.380 e. The summed E-state index contributed by atoms with van der Waals surface area (Å²) in [5.41, 5.74) is 6.35. The van der Waals surface area contributed by atoms with Crippen molar-refractivity contribution < 1.29 is 18.3 Å². The number of methoxy groups -OCH3 is 1. The molecule has 2 fully saturated rings. The van der Waals surface area contributed by atoms with Crippen LogP contribution in [0.15, 0.2) is 6.20 Å². The fraction of sp³-hybridized carbons (Fsp3) is 0.565. The summed E-state index contributed by atoms with van der Waals surface area (Å²) in [5, 5.41) is 13.3. The van der Waals surface area contributed by atoms with Gasteiger partial charge in [-0.15, -0.1) is 10.2 Å². The van der Waals surface area contributed by atoms with E-state index in [1.165, 1.54) is 71.2 Å². The number of ether oxygens (including phenoxy) is 1. The van der Waals surface area contributed by atoms with E-state index in [0.29, 0.717) is 16.7 Å². The van der Waals surface area contributed by atoms with Gasteiger partial charge in [0.25, 0.3) is 5.88 Å². The molecule has 0 radical (unpaired) electrons. The van der Waals surface area contributed by atoms with E-state index in [1.54, 1.807) is 0 Å². The summed E-state index contributed by atoms with van der Waals surface area (Å²) in [7, 11) is 0.269. The highest BCUT2D eigenvalue weighted by Gasteiger charge is 2.30. The number of hydrogen-bond acceptors (Lipinski definition) is 15. The zero-order valence-electron chi connectivity index (χ0n) is 22.5. The zero-order chi connectivity index (χ0) is 28.3. The molecule has 5 rings (SSSR count). The van der Waals surface area contributed by atoms with Gasteiger partial charge in [-0.3, -0.25) is 4.57 Å². The van der Waals surface area contributed by atoms with Crippen LogP contribution in [0.2, 0.25) is 5.02 Å². The summed E-state index contributed by atoms with van der Waals surface area (Å²) in [6.07, 6.45) is 7.41. The molecule has 0 saturated carbocycles. The molecule has 3 aromatic heterocycles. The maximum absolute atomic E-state index is 12.7. The number of hydrogen-bond donors (Lipinski definition) is 2. The molecule has 2 aliphatic rings. The molecule has 216 valence electrons. The van der Waals surface area contributed by atoms with Gasteiger partial charge in [0.15, 0.2) is 22.1 Å². The molecule has 0 spiro atoms. The number of halogens is 1. The molecule has 0 atom stereocenters. The van der Waals surface area contributed by atoms with E-state index < -0.39 is 7.60 Å². The smallest absolute Gasteiger partial charge is 0.380 e. The van der Waals surface area contributed by atoms with Gasteiger partial charge in [0, 0.05) is 33.4 Å². The van der Waals surface area contributed by atoms with Gasteiger partial charge < -0.3 is 34.6 Å². The van der Waals surface area contributed by atoms with Crippen LogP contribution >= 0.6 is 30.5 Å². The number of piperidine rings is 2. The van der Waals surface area contributed by atoms with Gasteiger partial charge in [0.2, 0.25) is 11.1 Å². The molecule has 2 aliphatic heterocycles. The molecule has 0 bridgehead atoms. The molecule has 14 nitrogen and oxygen atoms in total. The summed E-state index contributed by atoms with van der Waals surface area (Å²) in [4.78, 5) is 21.9. The van der Waals surface area contributed by atoms with Crippen molar-refractivity contribution in [3.8, 4) is 16.6 Å². The Kier molecular flexibility index (Phi) is 8.98. The summed E-state index contributed by atoms with van der Waals surface area (Å²) in [6, 6.07) is 0.638. The van der Waals surface area contributed by atoms with Crippen LogP contribution in [0.3, 0.4) is 0 Å². The first kappa shape index (κ1) is 28.8. The molecular weight excluding hydrogens is 579 g/mol. The Morgan fingerprint density at radius 3 is 2.42 bits per heavy atom. The normalized spacial score (nSPS) is 17.2. The molecule has 17 heteroatoms. The second kappa shape index (κ2) is 12.5. The van der Waals surface area contributed by atoms with E-state index >= 15 is 0 Å². The van der Waals surface area contributed by atoms with Crippen molar-refractivity contribution in [2.45, 2.75) is 38.1 Å². The lowest BCUT2D eigenvalue weighted by atomic mass is 10.0. The molecular formula is C23H32ClN10O4PS. The highest BCUT2D eigenvalue weighted by atomic mass is 35.5. The monoisotopic (exact) mass is 610 g/mol. The third-order valence-corrected chi connectivity index (χ3v) is 10.1. The minimum Gasteiger partial charge on any atom is -0.478 e. The quantitative estimate of drug-likeness (QED) is 0.338. The zero-order valence-corrected chi connectivity index (χ0v) is 25.0. The number of anilines is 4. The van der Waals surface area contributed by atoms with Crippen LogP contribution in [0.4, 0.5) is 22.7 Å². The summed E-state index contributed by atoms with van der Waals surface area (Å²) in [6.45, 7) is 4.27. The van der Waals surface area contributed by atoms with E-state index in [2.05, 4.69) is 45.2 Å². The molecule has 0 aromatic carbocycles. The molecule has 40 heavy (non-hydrogen) atoms. The molecule has 3 aromatic rings. The SMILES string of the molecule is COc1nc(P(=O)(OC)OC)cnc1Nc1nc(N)nc(-c2nnc(N3CCC(N4CCCCC4)CC3)s2)c1Cl. The molecule has 3 N–H and O–H groups in total. The first-order chi connectivity index (χ1) is 19.3. The van der Waals surface area contributed by atoms with Crippen molar-refractivity contribution in [1.82, 2.24) is 35.0 Å². The average molecular weight is 611 g/mol. The fourth-order valence-electron chi connectivity index (χ4n) is 4.93. The first-order valence-electron chi connectivity index (χ1n) is 12.9. The number of rotatable bonds is 9. The lowest BCUT2D eigenvalue weighted by molar-refractivity contribution is 0.141. The molecule has 2 saturated heterocycles. The van der Waals surface area contributed by atoms with Crippen molar-refractivity contribution >= 4 is 58.7 Å². The fourth-order valence-corrected chi connectivity index (χ4v) is 7.04. The standard InChI is InChI=1S/C23H32ClN10O4PS/c1-36-20-19(26-13-15(27-20)39(35,37-2)38-3)29-18-16(24)17(28-22(25)30-18)21-31-32-23(40-21)34-11-7-14(8-12-34)33-9-5-4-6-10-33/h13-14H,4-12H2,1-3H3,(H3,25,26,28,29,30). The van der Waals surface area contributed by atoms with E-state index in [0.717, 1.165) is 31.1 Å². The Morgan fingerprint density at radius 1 is 1.02 bits per heavy atom. The van der Waals surface area contributed by atoms with E-state index in [-0.39, 0.29) is 33.9 Å². The number of nitrogen functional groups attached to an aromatic ring is 1. The van der Waals surface area contributed by atoms with E-state index in [4.69, 9.17) is 31.1 Å². The Labute approximate surface area is 241 Å². The number of nitrogens with two attached hydrogens (primary N) is 1. The van der Waals surface area contributed by atoms with Crippen LogP contribution in [0.1, 0.15) is 32.1 Å². The molecule has 5 heterocycles. The highest BCUT2D eigenvalue weighted by molar-refractivity contribution is 7.61. The topological polar surface area (TPSA) is 167 Å². The second-order valence-corrected chi connectivity index (χ2v) is 12.9. The van der Waals surface area contributed by atoms with Crippen molar-refractivity contribution in [3.05, 3.63) is 11.2 Å². The molecule has 0 aliphatic carbocycles. The van der Waals surface area contributed by atoms with Crippen LogP contribution in [-0.4, -0.2) is 88.6 Å². The molecule has 0 amide bonds. The summed E-state index contributed by atoms with van der Waals surface area (Å²) < 4.78 is 28.0. The van der Waals surface area contributed by atoms with E-state index in [9.17, 15) is 4.57 Å². The number of nitrogens with zero attached hydrogens (tertiary/aromatic N) is 8. The van der Waals surface area contributed by atoms with Crippen molar-refractivity contribution in [1.29, 1.82) is 0 Å². The van der Waals surface area contributed by atoms with Gasteiger partial charge in [0.1, 0.15) is 10.7 Å². The lowest BCUT2D eigenvalue weighted by Crippen LogP contribution is -2.46.